The van der Waals surface area contributed by atoms with Crippen molar-refractivity contribution in [2.45, 2.75) is 12.6 Å². The fraction of sp³-hybridized carbons (Fsp3) is 0.250. The summed E-state index contributed by atoms with van der Waals surface area (Å²) in [5, 5.41) is 17.3. The molecule has 3 rings (SSSR count). The van der Waals surface area contributed by atoms with Gasteiger partial charge in [-0.25, -0.2) is 9.48 Å². The maximum Gasteiger partial charge on any atom is 0.358 e. The minimum Gasteiger partial charge on any atom is -0.476 e. The van der Waals surface area contributed by atoms with E-state index in [-0.39, 0.29) is 18.3 Å². The number of rotatable bonds is 2. The number of halogens is 1. The van der Waals surface area contributed by atoms with Crippen molar-refractivity contribution >= 4 is 17.6 Å². The van der Waals surface area contributed by atoms with Crippen molar-refractivity contribution in [3.8, 4) is 0 Å². The summed E-state index contributed by atoms with van der Waals surface area (Å²) in [4.78, 5) is 11.0. The van der Waals surface area contributed by atoms with Gasteiger partial charge in [-0.3, -0.25) is 0 Å². The lowest BCUT2D eigenvalue weighted by Crippen LogP contribution is -2.26. The number of fused-ring (bicyclic) bond motifs is 1. The van der Waals surface area contributed by atoms with Gasteiger partial charge in [-0.15, -0.1) is 5.10 Å². The lowest BCUT2D eigenvalue weighted by atomic mass is 10.1. The van der Waals surface area contributed by atoms with E-state index in [9.17, 15) is 4.79 Å². The van der Waals surface area contributed by atoms with Gasteiger partial charge >= 0.3 is 5.97 Å². The van der Waals surface area contributed by atoms with E-state index in [1.807, 2.05) is 12.1 Å². The molecule has 1 aromatic heterocycles. The van der Waals surface area contributed by atoms with Gasteiger partial charge in [-0.2, -0.15) is 0 Å². The standard InChI is InChI=1S/C12H10ClN3O3/c13-8-3-1-7(2-4-8)9-5-19-6-10-11(12(17)18)14-15-16(9)10/h1-4,9H,5-6H2,(H,17,18). The molecule has 0 saturated heterocycles. The number of carboxylic acid groups (broad SMARTS) is 1. The summed E-state index contributed by atoms with van der Waals surface area (Å²) in [7, 11) is 0. The van der Waals surface area contributed by atoms with Crippen LogP contribution >= 0.6 is 11.6 Å². The number of carboxylic acids is 1. The molecular formula is C12H10ClN3O3. The molecular weight excluding hydrogens is 270 g/mol. The van der Waals surface area contributed by atoms with Crippen LogP contribution in [-0.4, -0.2) is 32.7 Å². The molecule has 0 aliphatic carbocycles. The second-order valence-corrected chi connectivity index (χ2v) is 4.65. The van der Waals surface area contributed by atoms with Crippen LogP contribution < -0.4 is 0 Å². The first kappa shape index (κ1) is 12.1. The summed E-state index contributed by atoms with van der Waals surface area (Å²) < 4.78 is 7.05. The first-order chi connectivity index (χ1) is 9.16. The molecule has 0 saturated carbocycles. The zero-order valence-corrected chi connectivity index (χ0v) is 10.5. The quantitative estimate of drug-likeness (QED) is 0.906. The van der Waals surface area contributed by atoms with Crippen LogP contribution in [0.4, 0.5) is 0 Å². The van der Waals surface area contributed by atoms with Crippen molar-refractivity contribution in [3.05, 3.63) is 46.2 Å². The minimum absolute atomic E-state index is 0.0568. The Kier molecular flexibility index (Phi) is 2.96. The first-order valence-electron chi connectivity index (χ1n) is 5.67. The highest BCUT2D eigenvalue weighted by molar-refractivity contribution is 6.30. The molecule has 2 aromatic rings. The monoisotopic (exact) mass is 279 g/mol. The van der Waals surface area contributed by atoms with Gasteiger partial charge in [0, 0.05) is 5.02 Å². The van der Waals surface area contributed by atoms with Gasteiger partial charge in [-0.1, -0.05) is 28.9 Å². The molecule has 6 nitrogen and oxygen atoms in total. The Morgan fingerprint density at radius 2 is 2.16 bits per heavy atom. The molecule has 0 bridgehead atoms. The summed E-state index contributed by atoms with van der Waals surface area (Å²) >= 11 is 5.85. The van der Waals surface area contributed by atoms with Gasteiger partial charge in [0.15, 0.2) is 5.69 Å². The Morgan fingerprint density at radius 1 is 1.42 bits per heavy atom. The number of aromatic nitrogens is 3. The predicted octanol–water partition coefficient (Wildman–Crippen LogP) is 1.75. The molecule has 7 heteroatoms. The van der Waals surface area contributed by atoms with E-state index in [0.717, 1.165) is 5.56 Å². The number of hydrogen-bond acceptors (Lipinski definition) is 4. The van der Waals surface area contributed by atoms with Gasteiger partial charge in [0.05, 0.1) is 13.2 Å². The molecule has 1 atom stereocenters. The molecule has 0 spiro atoms. The van der Waals surface area contributed by atoms with Gasteiger partial charge < -0.3 is 9.84 Å². The highest BCUT2D eigenvalue weighted by Gasteiger charge is 2.28. The molecule has 1 unspecified atom stereocenters. The smallest absolute Gasteiger partial charge is 0.358 e. The van der Waals surface area contributed by atoms with Crippen LogP contribution in [0.1, 0.15) is 27.8 Å². The Hall–Kier alpha value is -1.92. The third kappa shape index (κ3) is 2.09. The number of aromatic carboxylic acids is 1. The van der Waals surface area contributed by atoms with E-state index < -0.39 is 5.97 Å². The van der Waals surface area contributed by atoms with E-state index in [1.54, 1.807) is 16.8 Å². The third-order valence-electron chi connectivity index (χ3n) is 3.06. The molecule has 0 fully saturated rings. The van der Waals surface area contributed by atoms with Crippen molar-refractivity contribution in [1.29, 1.82) is 0 Å². The van der Waals surface area contributed by atoms with Crippen LogP contribution in [0.5, 0.6) is 0 Å². The van der Waals surface area contributed by atoms with Crippen LogP contribution in [0.25, 0.3) is 0 Å². The predicted molar refractivity (Wildman–Crippen MR) is 66.2 cm³/mol. The van der Waals surface area contributed by atoms with Crippen molar-refractivity contribution < 1.29 is 14.6 Å². The normalized spacial score (nSPS) is 18.1. The molecule has 1 aliphatic rings. The van der Waals surface area contributed by atoms with E-state index in [1.165, 1.54) is 0 Å². The maximum atomic E-state index is 11.0. The minimum atomic E-state index is -1.10. The third-order valence-corrected chi connectivity index (χ3v) is 3.31. The molecule has 1 aromatic carbocycles. The van der Waals surface area contributed by atoms with Crippen molar-refractivity contribution in [2.24, 2.45) is 0 Å². The van der Waals surface area contributed by atoms with E-state index >= 15 is 0 Å². The second-order valence-electron chi connectivity index (χ2n) is 4.22. The van der Waals surface area contributed by atoms with Gasteiger partial charge in [-0.05, 0) is 17.7 Å². The first-order valence-corrected chi connectivity index (χ1v) is 6.05. The number of nitrogens with zero attached hydrogens (tertiary/aromatic N) is 3. The molecule has 1 N–H and O–H groups in total. The fourth-order valence-electron chi connectivity index (χ4n) is 2.12. The van der Waals surface area contributed by atoms with Crippen LogP contribution in [0.2, 0.25) is 5.02 Å². The Morgan fingerprint density at radius 3 is 2.84 bits per heavy atom. The largest absolute Gasteiger partial charge is 0.476 e. The number of benzene rings is 1. The van der Waals surface area contributed by atoms with E-state index in [2.05, 4.69) is 10.3 Å². The molecule has 19 heavy (non-hydrogen) atoms. The molecule has 1 aliphatic heterocycles. The van der Waals surface area contributed by atoms with Crippen LogP contribution in [0.3, 0.4) is 0 Å². The lowest BCUT2D eigenvalue weighted by Gasteiger charge is -2.24. The van der Waals surface area contributed by atoms with Crippen LogP contribution in [-0.2, 0) is 11.3 Å². The Labute approximate surface area is 113 Å². The van der Waals surface area contributed by atoms with Gasteiger partial charge in [0.1, 0.15) is 11.7 Å². The SMILES string of the molecule is O=C(O)c1nnn2c1COCC2c1ccc(Cl)cc1. The molecule has 2 heterocycles. The Balaban J connectivity index is 2.03. The van der Waals surface area contributed by atoms with E-state index in [0.29, 0.717) is 17.3 Å². The van der Waals surface area contributed by atoms with Gasteiger partial charge in [0.2, 0.25) is 0 Å². The number of ether oxygens (including phenoxy) is 1. The molecule has 0 radical (unpaired) electrons. The van der Waals surface area contributed by atoms with Crippen LogP contribution in [0, 0.1) is 0 Å². The molecule has 98 valence electrons. The molecule has 0 amide bonds. The highest BCUT2D eigenvalue weighted by atomic mass is 35.5. The number of carbonyl (C=O) groups is 1. The van der Waals surface area contributed by atoms with Crippen molar-refractivity contribution in [1.82, 2.24) is 15.0 Å². The second kappa shape index (κ2) is 4.64. The summed E-state index contributed by atoms with van der Waals surface area (Å²) in [5.41, 5.74) is 1.38. The number of hydrogen-bond donors (Lipinski definition) is 1. The zero-order chi connectivity index (χ0) is 13.4. The van der Waals surface area contributed by atoms with E-state index in [4.69, 9.17) is 21.4 Å². The summed E-state index contributed by atoms with van der Waals surface area (Å²) in [6.45, 7) is 0.635. The Bertz CT molecular complexity index is 624. The lowest BCUT2D eigenvalue weighted by molar-refractivity contribution is 0.0584. The zero-order valence-electron chi connectivity index (χ0n) is 9.78. The maximum absolute atomic E-state index is 11.0. The van der Waals surface area contributed by atoms with Crippen LogP contribution in [0.15, 0.2) is 24.3 Å². The highest BCUT2D eigenvalue weighted by Crippen LogP contribution is 2.26. The summed E-state index contributed by atoms with van der Waals surface area (Å²) in [6, 6.07) is 7.11. The van der Waals surface area contributed by atoms with Crippen molar-refractivity contribution in [2.75, 3.05) is 6.61 Å². The fourth-order valence-corrected chi connectivity index (χ4v) is 2.25. The average Bonchev–Trinajstić information content (AvgIpc) is 2.83. The topological polar surface area (TPSA) is 77.2 Å². The van der Waals surface area contributed by atoms with Crippen molar-refractivity contribution in [3.63, 3.8) is 0 Å². The summed E-state index contributed by atoms with van der Waals surface area (Å²) in [5.74, 6) is -1.10. The van der Waals surface area contributed by atoms with Gasteiger partial charge in [0.25, 0.3) is 0 Å². The summed E-state index contributed by atoms with van der Waals surface area (Å²) in [6.07, 6.45) is 0. The average molecular weight is 280 g/mol.